The predicted molar refractivity (Wildman–Crippen MR) is 199 cm³/mol. The van der Waals surface area contributed by atoms with Gasteiger partial charge in [0.25, 0.3) is 0 Å². The number of aliphatic imine (C=N–C) groups is 1. The quantitative estimate of drug-likeness (QED) is 0.215. The van der Waals surface area contributed by atoms with Gasteiger partial charge in [-0.2, -0.15) is 0 Å². The topological polar surface area (TPSA) is 43.4 Å². The first kappa shape index (κ1) is 28.0. The highest BCUT2D eigenvalue weighted by atomic mass is 32.2. The van der Waals surface area contributed by atoms with Gasteiger partial charge >= 0.3 is 0 Å². The number of hydrogen-bond acceptors (Lipinski definition) is 3. The van der Waals surface area contributed by atoms with E-state index in [-0.39, 0.29) is 12.3 Å². The maximum atomic E-state index is 5.14. The number of fused-ring (bicyclic) bond motifs is 8. The van der Waals surface area contributed by atoms with Crippen molar-refractivity contribution in [1.29, 1.82) is 0 Å². The number of thioether (sulfide) groups is 1. The third kappa shape index (κ3) is 4.38. The Kier molecular flexibility index (Phi) is 6.56. The van der Waals surface area contributed by atoms with Crippen molar-refractivity contribution in [2.75, 3.05) is 0 Å². The zero-order valence-corrected chi connectivity index (χ0v) is 27.1. The van der Waals surface area contributed by atoms with Crippen LogP contribution in [0, 0.1) is 5.92 Å². The summed E-state index contributed by atoms with van der Waals surface area (Å²) in [6, 6.07) is 37.3. The molecule has 4 unspecified atom stereocenters. The van der Waals surface area contributed by atoms with Crippen molar-refractivity contribution in [1.82, 2.24) is 9.88 Å². The Bertz CT molecular complexity index is 2390. The summed E-state index contributed by atoms with van der Waals surface area (Å²) in [7, 11) is 0. The zero-order chi connectivity index (χ0) is 31.6. The molecule has 0 fully saturated rings. The van der Waals surface area contributed by atoms with Crippen LogP contribution in [0.1, 0.15) is 41.6 Å². The molecule has 4 nitrogen and oxygen atoms in total. The second-order valence-electron chi connectivity index (χ2n) is 13.0. The van der Waals surface area contributed by atoms with Crippen LogP contribution in [0.4, 0.5) is 0 Å². The summed E-state index contributed by atoms with van der Waals surface area (Å²) in [6.45, 7) is 0. The minimum Gasteiger partial charge on any atom is -0.445 e. The summed E-state index contributed by atoms with van der Waals surface area (Å²) < 4.78 is 2.50. The molecule has 3 heterocycles. The highest BCUT2D eigenvalue weighted by Crippen LogP contribution is 2.55. The summed E-state index contributed by atoms with van der Waals surface area (Å²) in [6.07, 6.45) is 17.7. The van der Waals surface area contributed by atoms with E-state index in [2.05, 4.69) is 149 Å². The Hall–Kier alpha value is -5.10. The van der Waals surface area contributed by atoms with Crippen molar-refractivity contribution in [3.63, 3.8) is 0 Å². The van der Waals surface area contributed by atoms with Gasteiger partial charge in [-0.25, -0.2) is 0 Å². The van der Waals surface area contributed by atoms with Gasteiger partial charge in [0.2, 0.25) is 0 Å². The van der Waals surface area contributed by atoms with Crippen LogP contribution in [0.15, 0.2) is 161 Å². The first-order chi connectivity index (χ1) is 23.8. The number of rotatable bonds is 4. The first-order valence-electron chi connectivity index (χ1n) is 16.9. The lowest BCUT2D eigenvalue weighted by atomic mass is 9.76. The molecule has 5 aliphatic rings. The summed E-state index contributed by atoms with van der Waals surface area (Å²) >= 11 is 1.96. The standard InChI is InChI=1S/C43H33N4S/c1-3-13-27(14-4-1)41-44-42(28-15-5-2-6-16-28)46-43(45-41)29-23-25-30(26-24-29)47-35-21-11-9-19-33(35)38-39(47)32-18-8-7-17-31(32)37-34-20-10-12-22-36(34)48-40(37)38/h1,3-5,7-26,31,37,42-43,46H,2,6H2/q-1. The summed E-state index contributed by atoms with van der Waals surface area (Å²) in [5.74, 6) is 1.44. The number of amidine groups is 1. The van der Waals surface area contributed by atoms with E-state index in [0.29, 0.717) is 11.8 Å². The minimum absolute atomic E-state index is 0.142. The molecule has 2 aliphatic heterocycles. The minimum atomic E-state index is -0.210. The molecule has 232 valence electrons. The SMILES string of the molecule is C1=CC2=c3c(c4ccccc4n3-c3ccc(C4[N-]C(c5ccccc5)=NC(C5=CCCC=C5)N4)cc3)=C3Sc4ccccc4C3C2C=C1. The lowest BCUT2D eigenvalue weighted by molar-refractivity contribution is 0.521. The first-order valence-corrected chi connectivity index (χ1v) is 17.7. The molecule has 0 spiro atoms. The van der Waals surface area contributed by atoms with Crippen LogP contribution in [0.2, 0.25) is 0 Å². The van der Waals surface area contributed by atoms with Crippen molar-refractivity contribution in [3.8, 4) is 5.69 Å². The van der Waals surface area contributed by atoms with Gasteiger partial charge in [-0.15, -0.1) is 0 Å². The van der Waals surface area contributed by atoms with Crippen LogP contribution in [0.3, 0.4) is 0 Å². The molecule has 0 bridgehead atoms. The fraction of sp³-hybridized carbons (Fsp3) is 0.140. The molecule has 10 rings (SSSR count). The van der Waals surface area contributed by atoms with Crippen LogP contribution >= 0.6 is 11.8 Å². The Morgan fingerprint density at radius 2 is 1.65 bits per heavy atom. The molecule has 0 saturated carbocycles. The van der Waals surface area contributed by atoms with E-state index in [1.165, 1.54) is 48.0 Å². The smallest absolute Gasteiger partial charge is 0.0587 e. The van der Waals surface area contributed by atoms with Gasteiger partial charge in [-0.05, 0) is 64.9 Å². The van der Waals surface area contributed by atoms with Crippen LogP contribution in [-0.2, 0) is 0 Å². The summed E-state index contributed by atoms with van der Waals surface area (Å²) in [4.78, 5) is 7.92. The number of allylic oxidation sites excluding steroid dienone is 6. The summed E-state index contributed by atoms with van der Waals surface area (Å²) in [5, 5.41) is 12.9. The monoisotopic (exact) mass is 637 g/mol. The van der Waals surface area contributed by atoms with Crippen LogP contribution < -0.4 is 15.9 Å². The fourth-order valence-electron chi connectivity index (χ4n) is 8.05. The lowest BCUT2D eigenvalue weighted by Gasteiger charge is -2.41. The van der Waals surface area contributed by atoms with Crippen molar-refractivity contribution in [3.05, 3.63) is 184 Å². The fourth-order valence-corrected chi connectivity index (χ4v) is 9.46. The molecule has 4 atom stereocenters. The number of para-hydroxylation sites is 1. The van der Waals surface area contributed by atoms with Gasteiger partial charge in [0, 0.05) is 50.3 Å². The molecular formula is C43H33N4S-. The maximum Gasteiger partial charge on any atom is 0.0587 e. The highest BCUT2D eigenvalue weighted by Gasteiger charge is 2.40. The zero-order valence-electron chi connectivity index (χ0n) is 26.3. The Morgan fingerprint density at radius 3 is 2.52 bits per heavy atom. The van der Waals surface area contributed by atoms with E-state index >= 15 is 0 Å². The third-order valence-electron chi connectivity index (χ3n) is 10.2. The molecular weight excluding hydrogens is 605 g/mol. The average molecular weight is 638 g/mol. The van der Waals surface area contributed by atoms with E-state index in [0.717, 1.165) is 35.5 Å². The van der Waals surface area contributed by atoms with Gasteiger partial charge in [0.05, 0.1) is 10.9 Å². The Balaban J connectivity index is 1.11. The molecule has 48 heavy (non-hydrogen) atoms. The van der Waals surface area contributed by atoms with Gasteiger partial charge < -0.3 is 20.2 Å². The second kappa shape index (κ2) is 11.3. The van der Waals surface area contributed by atoms with Crippen molar-refractivity contribution in [2.45, 2.75) is 36.0 Å². The lowest BCUT2D eigenvalue weighted by Crippen LogP contribution is -2.39. The molecule has 1 N–H and O–H groups in total. The van der Waals surface area contributed by atoms with Gasteiger partial charge in [0.15, 0.2) is 0 Å². The predicted octanol–water partition coefficient (Wildman–Crippen LogP) is 8.56. The van der Waals surface area contributed by atoms with Gasteiger partial charge in [-0.1, -0.05) is 139 Å². The largest absolute Gasteiger partial charge is 0.445 e. The number of hydrogen-bond donors (Lipinski definition) is 1. The van der Waals surface area contributed by atoms with E-state index in [4.69, 9.17) is 10.3 Å². The van der Waals surface area contributed by atoms with Crippen LogP contribution in [0.5, 0.6) is 0 Å². The Morgan fingerprint density at radius 1 is 0.812 bits per heavy atom. The molecule has 3 aliphatic carbocycles. The number of nitrogens with zero attached hydrogens (tertiary/aromatic N) is 3. The number of aromatic nitrogens is 1. The van der Waals surface area contributed by atoms with Crippen LogP contribution in [-0.4, -0.2) is 16.6 Å². The van der Waals surface area contributed by atoms with Gasteiger partial charge in [-0.3, -0.25) is 0 Å². The normalized spacial score (nSPS) is 23.6. The van der Waals surface area contributed by atoms with Crippen molar-refractivity contribution < 1.29 is 0 Å². The molecule has 0 saturated heterocycles. The van der Waals surface area contributed by atoms with E-state index in [9.17, 15) is 0 Å². The van der Waals surface area contributed by atoms with E-state index < -0.39 is 0 Å². The Labute approximate surface area is 284 Å². The molecule has 4 aromatic carbocycles. The number of nitrogens with one attached hydrogen (secondary N) is 1. The second-order valence-corrected chi connectivity index (χ2v) is 14.1. The molecule has 1 aromatic heterocycles. The van der Waals surface area contributed by atoms with E-state index in [1.807, 2.05) is 17.8 Å². The average Bonchev–Trinajstić information content (AvgIpc) is 3.72. The van der Waals surface area contributed by atoms with Crippen molar-refractivity contribution in [2.24, 2.45) is 10.9 Å². The summed E-state index contributed by atoms with van der Waals surface area (Å²) in [5.41, 5.74) is 8.62. The molecule has 5 aromatic rings. The molecule has 0 amide bonds. The van der Waals surface area contributed by atoms with Gasteiger partial charge in [0.1, 0.15) is 0 Å². The van der Waals surface area contributed by atoms with Crippen molar-refractivity contribution >= 4 is 39.0 Å². The van der Waals surface area contributed by atoms with E-state index in [1.54, 1.807) is 0 Å². The number of benzene rings is 4. The highest BCUT2D eigenvalue weighted by molar-refractivity contribution is 8.08. The molecule has 0 radical (unpaired) electrons. The maximum absolute atomic E-state index is 5.14. The van der Waals surface area contributed by atoms with Crippen LogP contribution in [0.25, 0.3) is 32.4 Å². The molecule has 5 heteroatoms. The third-order valence-corrected chi connectivity index (χ3v) is 11.5.